The molecule has 0 saturated carbocycles. The van der Waals surface area contributed by atoms with Crippen molar-refractivity contribution in [3.8, 4) is 0 Å². The molecule has 2 heterocycles. The van der Waals surface area contributed by atoms with Crippen LogP contribution in [0.4, 0.5) is 5.69 Å². The van der Waals surface area contributed by atoms with Gasteiger partial charge in [-0.3, -0.25) is 0 Å². The van der Waals surface area contributed by atoms with Gasteiger partial charge in [0.15, 0.2) is 0 Å². The first kappa shape index (κ1) is 4.01. The Kier molecular flexibility index (Phi) is 0.539. The standard InChI is InChI=1S/C6H8N2/c1-4-6-5(2-7-4)3-8-6/h2,7-8H,3H2,1H3. The number of nitrogens with one attached hydrogen (secondary N) is 2. The molecule has 2 heteroatoms. The Hall–Kier alpha value is -0.920. The van der Waals surface area contributed by atoms with Crippen LogP contribution in [0, 0.1) is 6.92 Å². The molecule has 0 radical (unpaired) electrons. The number of H-pyrrole nitrogens is 1. The van der Waals surface area contributed by atoms with Crippen LogP contribution < -0.4 is 5.32 Å². The minimum Gasteiger partial charge on any atom is -0.379 e. The van der Waals surface area contributed by atoms with E-state index in [9.17, 15) is 0 Å². The summed E-state index contributed by atoms with van der Waals surface area (Å²) in [6.07, 6.45) is 2.06. The Balaban J connectivity index is 2.66. The van der Waals surface area contributed by atoms with Gasteiger partial charge in [-0.15, -0.1) is 0 Å². The van der Waals surface area contributed by atoms with Gasteiger partial charge in [0, 0.05) is 24.0 Å². The number of aromatic amines is 1. The van der Waals surface area contributed by atoms with E-state index in [2.05, 4.69) is 23.4 Å². The molecule has 0 aliphatic carbocycles. The molecule has 1 aliphatic heterocycles. The van der Waals surface area contributed by atoms with E-state index in [1.165, 1.54) is 16.9 Å². The van der Waals surface area contributed by atoms with Crippen molar-refractivity contribution in [3.63, 3.8) is 0 Å². The molecule has 0 atom stereocenters. The first-order valence-electron chi connectivity index (χ1n) is 2.78. The third-order valence-electron chi connectivity index (χ3n) is 1.61. The van der Waals surface area contributed by atoms with Crippen molar-refractivity contribution in [2.45, 2.75) is 13.5 Å². The second-order valence-corrected chi connectivity index (χ2v) is 2.17. The fourth-order valence-corrected chi connectivity index (χ4v) is 1.04. The van der Waals surface area contributed by atoms with Crippen LogP contribution in [0.5, 0.6) is 0 Å². The van der Waals surface area contributed by atoms with Crippen LogP contribution in [-0.4, -0.2) is 4.98 Å². The van der Waals surface area contributed by atoms with Gasteiger partial charge in [-0.2, -0.15) is 0 Å². The van der Waals surface area contributed by atoms with Crippen molar-refractivity contribution < 1.29 is 0 Å². The van der Waals surface area contributed by atoms with Gasteiger partial charge in [-0.1, -0.05) is 0 Å². The molecule has 0 amide bonds. The SMILES string of the molecule is Cc1[nH]cc2c1NC2. The van der Waals surface area contributed by atoms with E-state index in [0.717, 1.165) is 6.54 Å². The highest BCUT2D eigenvalue weighted by atomic mass is 15.0. The molecule has 1 aliphatic rings. The third kappa shape index (κ3) is 0.290. The molecule has 0 bridgehead atoms. The lowest BCUT2D eigenvalue weighted by atomic mass is 10.1. The Morgan fingerprint density at radius 1 is 1.62 bits per heavy atom. The Morgan fingerprint density at radius 3 is 2.75 bits per heavy atom. The lowest BCUT2D eigenvalue weighted by Crippen LogP contribution is -2.10. The monoisotopic (exact) mass is 108 g/mol. The molecular weight excluding hydrogens is 100 g/mol. The van der Waals surface area contributed by atoms with E-state index in [0.29, 0.717) is 0 Å². The maximum atomic E-state index is 3.21. The van der Waals surface area contributed by atoms with Gasteiger partial charge >= 0.3 is 0 Å². The van der Waals surface area contributed by atoms with Gasteiger partial charge in [0.2, 0.25) is 0 Å². The predicted octanol–water partition coefficient (Wildman–Crippen LogP) is 1.25. The molecule has 8 heavy (non-hydrogen) atoms. The summed E-state index contributed by atoms with van der Waals surface area (Å²) in [6, 6.07) is 0. The van der Waals surface area contributed by atoms with E-state index in [1.807, 2.05) is 0 Å². The zero-order chi connectivity index (χ0) is 5.56. The zero-order valence-electron chi connectivity index (χ0n) is 4.78. The molecule has 0 aromatic carbocycles. The predicted molar refractivity (Wildman–Crippen MR) is 32.9 cm³/mol. The second kappa shape index (κ2) is 1.08. The average Bonchev–Trinajstić information content (AvgIpc) is 1.80. The number of aromatic nitrogens is 1. The lowest BCUT2D eigenvalue weighted by Gasteiger charge is -2.16. The van der Waals surface area contributed by atoms with Crippen LogP contribution in [-0.2, 0) is 6.54 Å². The van der Waals surface area contributed by atoms with Gasteiger partial charge in [0.1, 0.15) is 0 Å². The molecule has 2 N–H and O–H groups in total. The fourth-order valence-electron chi connectivity index (χ4n) is 1.04. The van der Waals surface area contributed by atoms with Gasteiger partial charge in [0.05, 0.1) is 5.69 Å². The summed E-state index contributed by atoms with van der Waals surface area (Å²) in [5.41, 5.74) is 3.98. The average molecular weight is 108 g/mol. The molecule has 42 valence electrons. The Morgan fingerprint density at radius 2 is 2.50 bits per heavy atom. The molecule has 2 rings (SSSR count). The van der Waals surface area contributed by atoms with Crippen LogP contribution in [0.1, 0.15) is 11.3 Å². The van der Waals surface area contributed by atoms with Gasteiger partial charge in [-0.25, -0.2) is 0 Å². The molecule has 1 aromatic rings. The largest absolute Gasteiger partial charge is 0.379 e. The quantitative estimate of drug-likeness (QED) is 0.514. The number of fused-ring (bicyclic) bond motifs is 1. The van der Waals surface area contributed by atoms with E-state index in [1.54, 1.807) is 0 Å². The number of anilines is 1. The molecule has 0 fully saturated rings. The summed E-state index contributed by atoms with van der Waals surface area (Å²) in [6.45, 7) is 3.12. The first-order valence-corrected chi connectivity index (χ1v) is 2.78. The van der Waals surface area contributed by atoms with Gasteiger partial charge in [0.25, 0.3) is 0 Å². The highest BCUT2D eigenvalue weighted by molar-refractivity contribution is 5.62. The molecular formula is C6H8N2. The maximum Gasteiger partial charge on any atom is 0.0601 e. The van der Waals surface area contributed by atoms with E-state index in [-0.39, 0.29) is 0 Å². The summed E-state index contributed by atoms with van der Waals surface area (Å²) in [7, 11) is 0. The highest BCUT2D eigenvalue weighted by Crippen LogP contribution is 2.27. The highest BCUT2D eigenvalue weighted by Gasteiger charge is 2.14. The van der Waals surface area contributed by atoms with Crippen LogP contribution in [0.25, 0.3) is 0 Å². The Labute approximate surface area is 47.9 Å². The van der Waals surface area contributed by atoms with Crippen LogP contribution >= 0.6 is 0 Å². The third-order valence-corrected chi connectivity index (χ3v) is 1.61. The van der Waals surface area contributed by atoms with E-state index < -0.39 is 0 Å². The fraction of sp³-hybridized carbons (Fsp3) is 0.333. The van der Waals surface area contributed by atoms with Gasteiger partial charge in [-0.05, 0) is 6.92 Å². The summed E-state index contributed by atoms with van der Waals surface area (Å²) in [5, 5.41) is 3.21. The van der Waals surface area contributed by atoms with Gasteiger partial charge < -0.3 is 10.3 Å². The minimum absolute atomic E-state index is 1.04. The number of aryl methyl sites for hydroxylation is 1. The number of hydrogen-bond acceptors (Lipinski definition) is 1. The Bertz CT molecular complexity index is 199. The van der Waals surface area contributed by atoms with Crippen molar-refractivity contribution in [2.75, 3.05) is 5.32 Å². The summed E-state index contributed by atoms with van der Waals surface area (Å²) in [5.74, 6) is 0. The summed E-state index contributed by atoms with van der Waals surface area (Å²) in [4.78, 5) is 3.14. The lowest BCUT2D eigenvalue weighted by molar-refractivity contribution is 1.06. The normalized spacial score (nSPS) is 14.1. The van der Waals surface area contributed by atoms with Crippen LogP contribution in [0.3, 0.4) is 0 Å². The number of hydrogen-bond donors (Lipinski definition) is 2. The zero-order valence-corrected chi connectivity index (χ0v) is 4.78. The maximum absolute atomic E-state index is 3.21. The molecule has 0 saturated heterocycles. The summed E-state index contributed by atoms with van der Waals surface area (Å²) < 4.78 is 0. The van der Waals surface area contributed by atoms with E-state index in [4.69, 9.17) is 0 Å². The first-order chi connectivity index (χ1) is 3.88. The van der Waals surface area contributed by atoms with Crippen molar-refractivity contribution in [2.24, 2.45) is 0 Å². The van der Waals surface area contributed by atoms with Crippen LogP contribution in [0.15, 0.2) is 6.20 Å². The second-order valence-electron chi connectivity index (χ2n) is 2.17. The minimum atomic E-state index is 1.04. The smallest absolute Gasteiger partial charge is 0.0601 e. The van der Waals surface area contributed by atoms with Crippen molar-refractivity contribution in [1.29, 1.82) is 0 Å². The molecule has 2 nitrogen and oxygen atoms in total. The van der Waals surface area contributed by atoms with Crippen molar-refractivity contribution in [1.82, 2.24) is 4.98 Å². The summed E-state index contributed by atoms with van der Waals surface area (Å²) >= 11 is 0. The topological polar surface area (TPSA) is 27.8 Å². The molecule has 0 unspecified atom stereocenters. The molecule has 1 aromatic heterocycles. The van der Waals surface area contributed by atoms with Crippen molar-refractivity contribution >= 4 is 5.69 Å². The molecule has 0 spiro atoms. The van der Waals surface area contributed by atoms with Crippen molar-refractivity contribution in [3.05, 3.63) is 17.5 Å². The van der Waals surface area contributed by atoms with E-state index >= 15 is 0 Å². The number of rotatable bonds is 0. The van der Waals surface area contributed by atoms with Crippen LogP contribution in [0.2, 0.25) is 0 Å².